The van der Waals surface area contributed by atoms with Crippen molar-refractivity contribution in [2.75, 3.05) is 14.2 Å². The van der Waals surface area contributed by atoms with Gasteiger partial charge in [-0.3, -0.25) is 4.79 Å². The van der Waals surface area contributed by atoms with Gasteiger partial charge in [0.1, 0.15) is 17.3 Å². The highest BCUT2D eigenvalue weighted by Gasteiger charge is 2.20. The molecule has 0 atom stereocenters. The van der Waals surface area contributed by atoms with Crippen molar-refractivity contribution in [1.29, 1.82) is 0 Å². The number of carbonyl (C=O) groups excluding carboxylic acids is 1. The molecule has 0 saturated carbocycles. The number of hydrogen-bond acceptors (Lipinski definition) is 3. The third-order valence-electron chi connectivity index (χ3n) is 2.89. The maximum atomic E-state index is 13.5. The van der Waals surface area contributed by atoms with Crippen molar-refractivity contribution in [2.24, 2.45) is 0 Å². The lowest BCUT2D eigenvalue weighted by molar-refractivity contribution is 0.103. The van der Waals surface area contributed by atoms with E-state index in [1.807, 2.05) is 0 Å². The van der Waals surface area contributed by atoms with Gasteiger partial charge in [-0.05, 0) is 40.2 Å². The van der Waals surface area contributed by atoms with E-state index in [1.165, 1.54) is 26.4 Å². The normalized spacial score (nSPS) is 10.3. The van der Waals surface area contributed by atoms with Gasteiger partial charge in [-0.25, -0.2) is 4.39 Å². The number of ether oxygens (including phenoxy) is 2. The Balaban J connectivity index is 2.59. The minimum Gasteiger partial charge on any atom is -0.496 e. The molecule has 2 aromatic carbocycles. The van der Waals surface area contributed by atoms with Crippen molar-refractivity contribution in [3.63, 3.8) is 0 Å². The summed E-state index contributed by atoms with van der Waals surface area (Å²) < 4.78 is 23.9. The van der Waals surface area contributed by atoms with Crippen LogP contribution in [0, 0.1) is 5.82 Å². The summed E-state index contributed by atoms with van der Waals surface area (Å²) in [4.78, 5) is 12.7. The molecule has 0 aliphatic rings. The Morgan fingerprint density at radius 3 is 2.33 bits per heavy atom. The van der Waals surface area contributed by atoms with Crippen molar-refractivity contribution < 1.29 is 18.7 Å². The topological polar surface area (TPSA) is 35.5 Å². The van der Waals surface area contributed by atoms with Crippen LogP contribution in [0.25, 0.3) is 0 Å². The lowest BCUT2D eigenvalue weighted by Gasteiger charge is -2.12. The quantitative estimate of drug-likeness (QED) is 0.741. The predicted molar refractivity (Wildman–Crippen MR) is 82.1 cm³/mol. The molecule has 0 amide bonds. The molecule has 0 bridgehead atoms. The first-order valence-electron chi connectivity index (χ1n) is 5.89. The van der Waals surface area contributed by atoms with E-state index in [0.717, 1.165) is 6.07 Å². The number of ketones is 1. The molecule has 0 N–H and O–H groups in total. The van der Waals surface area contributed by atoms with Gasteiger partial charge in [0.15, 0.2) is 0 Å². The fraction of sp³-hybridized carbons (Fsp3) is 0.133. The maximum absolute atomic E-state index is 13.5. The smallest absolute Gasteiger partial charge is 0.200 e. The zero-order chi connectivity index (χ0) is 15.6. The molecule has 110 valence electrons. The molecule has 0 aromatic heterocycles. The van der Waals surface area contributed by atoms with Gasteiger partial charge >= 0.3 is 0 Å². The molecule has 0 spiro atoms. The van der Waals surface area contributed by atoms with Gasteiger partial charge in [-0.15, -0.1) is 0 Å². The van der Waals surface area contributed by atoms with E-state index in [4.69, 9.17) is 21.1 Å². The molecule has 2 aromatic rings. The number of rotatable bonds is 4. The summed E-state index contributed by atoms with van der Waals surface area (Å²) in [5, 5.41) is 0.402. The number of benzene rings is 2. The van der Waals surface area contributed by atoms with E-state index in [9.17, 15) is 9.18 Å². The van der Waals surface area contributed by atoms with Crippen molar-refractivity contribution in [1.82, 2.24) is 0 Å². The van der Waals surface area contributed by atoms with Crippen molar-refractivity contribution in [2.45, 2.75) is 0 Å². The summed E-state index contributed by atoms with van der Waals surface area (Å²) in [6.45, 7) is 0. The minimum atomic E-state index is -0.513. The van der Waals surface area contributed by atoms with Crippen LogP contribution in [0.5, 0.6) is 11.5 Å². The average Bonchev–Trinajstić information content (AvgIpc) is 2.48. The molecule has 2 rings (SSSR count). The van der Waals surface area contributed by atoms with E-state index in [1.54, 1.807) is 12.1 Å². The Morgan fingerprint density at radius 1 is 1.10 bits per heavy atom. The Labute approximate surface area is 134 Å². The van der Waals surface area contributed by atoms with Gasteiger partial charge in [0, 0.05) is 11.1 Å². The van der Waals surface area contributed by atoms with Crippen molar-refractivity contribution >= 4 is 33.3 Å². The largest absolute Gasteiger partial charge is 0.496 e. The van der Waals surface area contributed by atoms with Crippen LogP contribution in [0.3, 0.4) is 0 Å². The van der Waals surface area contributed by atoms with Crippen LogP contribution in [0.1, 0.15) is 15.9 Å². The molecule has 0 aliphatic carbocycles. The first-order valence-corrected chi connectivity index (χ1v) is 7.06. The van der Waals surface area contributed by atoms with Crippen LogP contribution in [-0.2, 0) is 0 Å². The van der Waals surface area contributed by atoms with Crippen LogP contribution < -0.4 is 9.47 Å². The Morgan fingerprint density at radius 2 is 1.71 bits per heavy atom. The van der Waals surface area contributed by atoms with E-state index in [0.29, 0.717) is 10.8 Å². The molecular formula is C15H11BrClFO3. The second kappa shape index (κ2) is 6.45. The van der Waals surface area contributed by atoms with Crippen LogP contribution in [0.2, 0.25) is 5.02 Å². The van der Waals surface area contributed by atoms with Gasteiger partial charge < -0.3 is 9.47 Å². The standard InChI is InChI=1S/C15H11BrClFO3/c1-20-13-4-3-8(17)5-9(13)15(19)10-6-11(16)12(18)7-14(10)21-2/h3-7H,1-2H3. The third-order valence-corrected chi connectivity index (χ3v) is 3.74. The first-order chi connectivity index (χ1) is 9.97. The summed E-state index contributed by atoms with van der Waals surface area (Å²) in [6, 6.07) is 7.24. The van der Waals surface area contributed by atoms with Gasteiger partial charge in [0.25, 0.3) is 0 Å². The fourth-order valence-corrected chi connectivity index (χ4v) is 2.39. The number of halogens is 3. The van der Waals surface area contributed by atoms with Crippen molar-refractivity contribution in [3.05, 3.63) is 56.8 Å². The zero-order valence-corrected chi connectivity index (χ0v) is 13.6. The van der Waals surface area contributed by atoms with Gasteiger partial charge in [-0.1, -0.05) is 11.6 Å². The first kappa shape index (κ1) is 15.8. The number of hydrogen-bond donors (Lipinski definition) is 0. The summed E-state index contributed by atoms with van der Waals surface area (Å²) in [6.07, 6.45) is 0. The van der Waals surface area contributed by atoms with Crippen LogP contribution >= 0.6 is 27.5 Å². The maximum Gasteiger partial charge on any atom is 0.200 e. The summed E-state index contributed by atoms with van der Waals surface area (Å²) in [7, 11) is 2.83. The average molecular weight is 374 g/mol. The lowest BCUT2D eigenvalue weighted by Crippen LogP contribution is -2.07. The zero-order valence-electron chi connectivity index (χ0n) is 11.2. The van der Waals surface area contributed by atoms with Crippen molar-refractivity contribution in [3.8, 4) is 11.5 Å². The third kappa shape index (κ3) is 3.19. The monoisotopic (exact) mass is 372 g/mol. The highest BCUT2D eigenvalue weighted by Crippen LogP contribution is 2.31. The highest BCUT2D eigenvalue weighted by molar-refractivity contribution is 9.10. The van der Waals surface area contributed by atoms with Gasteiger partial charge in [0.2, 0.25) is 5.78 Å². The number of carbonyl (C=O) groups is 1. The van der Waals surface area contributed by atoms with Crippen LogP contribution in [0.4, 0.5) is 4.39 Å². The van der Waals surface area contributed by atoms with E-state index < -0.39 is 5.82 Å². The molecule has 0 saturated heterocycles. The molecule has 0 fully saturated rings. The molecule has 3 nitrogen and oxygen atoms in total. The SMILES string of the molecule is COc1ccc(Cl)cc1C(=O)c1cc(Br)c(F)cc1OC. The van der Waals surface area contributed by atoms with E-state index >= 15 is 0 Å². The molecule has 6 heteroatoms. The number of methoxy groups -OCH3 is 2. The van der Waals surface area contributed by atoms with Crippen LogP contribution in [-0.4, -0.2) is 20.0 Å². The highest BCUT2D eigenvalue weighted by atomic mass is 79.9. The minimum absolute atomic E-state index is 0.141. The summed E-state index contributed by atoms with van der Waals surface area (Å²) in [5.41, 5.74) is 0.494. The molecule has 0 aliphatic heterocycles. The molecule has 0 unspecified atom stereocenters. The van der Waals surface area contributed by atoms with Gasteiger partial charge in [-0.2, -0.15) is 0 Å². The lowest BCUT2D eigenvalue weighted by atomic mass is 10.0. The Kier molecular flexibility index (Phi) is 4.85. The summed E-state index contributed by atoms with van der Waals surface area (Å²) in [5.74, 6) is -0.358. The Bertz CT molecular complexity index is 704. The predicted octanol–water partition coefficient (Wildman–Crippen LogP) is 4.49. The molecule has 0 radical (unpaired) electrons. The van der Waals surface area contributed by atoms with E-state index in [-0.39, 0.29) is 27.1 Å². The van der Waals surface area contributed by atoms with Crippen LogP contribution in [0.15, 0.2) is 34.8 Å². The second-order valence-corrected chi connectivity index (χ2v) is 5.43. The van der Waals surface area contributed by atoms with Gasteiger partial charge in [0.05, 0.1) is 29.8 Å². The summed E-state index contributed by atoms with van der Waals surface area (Å²) >= 11 is 8.99. The molecular weight excluding hydrogens is 363 g/mol. The van der Waals surface area contributed by atoms with E-state index in [2.05, 4.69) is 15.9 Å². The molecule has 21 heavy (non-hydrogen) atoms. The second-order valence-electron chi connectivity index (χ2n) is 4.14. The Hall–Kier alpha value is -1.59. The fourth-order valence-electron chi connectivity index (χ4n) is 1.88. The molecule has 0 heterocycles.